The highest BCUT2D eigenvalue weighted by Gasteiger charge is 2.13. The van der Waals surface area contributed by atoms with Crippen molar-refractivity contribution in [2.75, 3.05) is 0 Å². The van der Waals surface area contributed by atoms with Crippen LogP contribution in [0.4, 0.5) is 0 Å². The van der Waals surface area contributed by atoms with Crippen LogP contribution in [0.2, 0.25) is 5.02 Å². The molecule has 0 amide bonds. The Kier molecular flexibility index (Phi) is 3.99. The molecular formula is C13H10ClNO4. The molecule has 2 rings (SSSR count). The van der Waals surface area contributed by atoms with Crippen LogP contribution in [-0.4, -0.2) is 21.2 Å². The van der Waals surface area contributed by atoms with Crippen molar-refractivity contribution in [2.45, 2.75) is 6.61 Å². The van der Waals surface area contributed by atoms with Crippen LogP contribution in [0.25, 0.3) is 0 Å². The van der Waals surface area contributed by atoms with Gasteiger partial charge in [0.15, 0.2) is 5.69 Å². The predicted octanol–water partition coefficient (Wildman–Crippen LogP) is 2.72. The largest absolute Gasteiger partial charge is 0.476 e. The lowest BCUT2D eigenvalue weighted by Crippen LogP contribution is -2.03. The predicted molar refractivity (Wildman–Crippen MR) is 68.6 cm³/mol. The summed E-state index contributed by atoms with van der Waals surface area (Å²) in [5, 5.41) is 18.1. The molecule has 0 radical (unpaired) electrons. The van der Waals surface area contributed by atoms with Crippen molar-refractivity contribution in [3.63, 3.8) is 0 Å². The first kappa shape index (κ1) is 13.3. The van der Waals surface area contributed by atoms with Crippen molar-refractivity contribution in [3.8, 4) is 11.6 Å². The van der Waals surface area contributed by atoms with Gasteiger partial charge in [-0.25, -0.2) is 9.78 Å². The highest BCUT2D eigenvalue weighted by molar-refractivity contribution is 6.33. The molecule has 0 spiro atoms. The molecule has 2 N–H and O–H groups in total. The van der Waals surface area contributed by atoms with E-state index in [1.165, 1.54) is 12.1 Å². The average Bonchev–Trinajstić information content (AvgIpc) is 2.41. The summed E-state index contributed by atoms with van der Waals surface area (Å²) in [4.78, 5) is 14.7. The van der Waals surface area contributed by atoms with E-state index in [1.807, 2.05) is 0 Å². The van der Waals surface area contributed by atoms with E-state index in [2.05, 4.69) is 4.98 Å². The Morgan fingerprint density at radius 2 is 2.00 bits per heavy atom. The number of halogens is 1. The first-order valence-electron chi connectivity index (χ1n) is 5.38. The highest BCUT2D eigenvalue weighted by atomic mass is 35.5. The quantitative estimate of drug-likeness (QED) is 0.899. The molecule has 19 heavy (non-hydrogen) atoms. The standard InChI is InChI=1S/C13H10ClNO4/c14-9-5-6-11(15-12(9)13(17)18)19-10-4-2-1-3-8(10)7-16/h1-6,16H,7H2,(H,17,18). The lowest BCUT2D eigenvalue weighted by atomic mass is 10.2. The molecule has 2 aromatic rings. The van der Waals surface area contributed by atoms with Gasteiger partial charge in [-0.15, -0.1) is 0 Å². The number of para-hydroxylation sites is 1. The third-order valence-corrected chi connectivity index (χ3v) is 2.69. The molecule has 0 aliphatic rings. The maximum absolute atomic E-state index is 10.9. The minimum absolute atomic E-state index is 0.0373. The first-order chi connectivity index (χ1) is 9.11. The van der Waals surface area contributed by atoms with Crippen molar-refractivity contribution in [1.82, 2.24) is 4.98 Å². The SMILES string of the molecule is O=C(O)c1nc(Oc2ccccc2CO)ccc1Cl. The molecule has 0 aliphatic heterocycles. The second-order valence-corrected chi connectivity index (χ2v) is 4.06. The van der Waals surface area contributed by atoms with E-state index >= 15 is 0 Å². The summed E-state index contributed by atoms with van der Waals surface area (Å²) < 4.78 is 5.45. The van der Waals surface area contributed by atoms with Crippen LogP contribution in [0.1, 0.15) is 16.1 Å². The van der Waals surface area contributed by atoms with Crippen LogP contribution in [0, 0.1) is 0 Å². The number of carboxylic acid groups (broad SMARTS) is 1. The lowest BCUT2D eigenvalue weighted by molar-refractivity contribution is 0.0690. The minimum Gasteiger partial charge on any atom is -0.476 e. The van der Waals surface area contributed by atoms with Gasteiger partial charge in [-0.2, -0.15) is 0 Å². The van der Waals surface area contributed by atoms with E-state index in [4.69, 9.17) is 26.6 Å². The number of benzene rings is 1. The number of carbonyl (C=O) groups is 1. The van der Waals surface area contributed by atoms with Crippen molar-refractivity contribution in [2.24, 2.45) is 0 Å². The molecular weight excluding hydrogens is 270 g/mol. The summed E-state index contributed by atoms with van der Waals surface area (Å²) in [5.41, 5.74) is 0.303. The fourth-order valence-electron chi connectivity index (χ4n) is 1.48. The zero-order valence-electron chi connectivity index (χ0n) is 9.71. The zero-order valence-corrected chi connectivity index (χ0v) is 10.5. The van der Waals surface area contributed by atoms with Crippen LogP contribution in [-0.2, 0) is 6.61 Å². The lowest BCUT2D eigenvalue weighted by Gasteiger charge is -2.09. The Bertz CT molecular complexity index is 615. The molecule has 98 valence electrons. The van der Waals surface area contributed by atoms with E-state index in [1.54, 1.807) is 24.3 Å². The van der Waals surface area contributed by atoms with Crippen LogP contribution >= 0.6 is 11.6 Å². The number of ether oxygens (including phenoxy) is 1. The number of carboxylic acids is 1. The van der Waals surface area contributed by atoms with Crippen LogP contribution in [0.3, 0.4) is 0 Å². The van der Waals surface area contributed by atoms with Gasteiger partial charge < -0.3 is 14.9 Å². The molecule has 0 saturated heterocycles. The maximum Gasteiger partial charge on any atom is 0.356 e. The molecule has 1 heterocycles. The summed E-state index contributed by atoms with van der Waals surface area (Å²) in [5.74, 6) is -0.718. The average molecular weight is 280 g/mol. The fraction of sp³-hybridized carbons (Fsp3) is 0.0769. The first-order valence-corrected chi connectivity index (χ1v) is 5.76. The van der Waals surface area contributed by atoms with Gasteiger partial charge in [-0.3, -0.25) is 0 Å². The smallest absolute Gasteiger partial charge is 0.356 e. The molecule has 0 aliphatic carbocycles. The molecule has 0 saturated carbocycles. The van der Waals surface area contributed by atoms with Gasteiger partial charge in [0.05, 0.1) is 11.6 Å². The Balaban J connectivity index is 2.33. The summed E-state index contributed by atoms with van der Waals surface area (Å²) in [6.07, 6.45) is 0. The third-order valence-electron chi connectivity index (χ3n) is 2.38. The van der Waals surface area contributed by atoms with E-state index < -0.39 is 5.97 Å². The number of nitrogens with zero attached hydrogens (tertiary/aromatic N) is 1. The summed E-state index contributed by atoms with van der Waals surface area (Å²) in [6, 6.07) is 9.71. The molecule has 0 fully saturated rings. The molecule has 6 heteroatoms. The summed E-state index contributed by atoms with van der Waals surface area (Å²) in [7, 11) is 0. The maximum atomic E-state index is 10.9. The van der Waals surface area contributed by atoms with Crippen molar-refractivity contribution < 1.29 is 19.7 Å². The van der Waals surface area contributed by atoms with Gasteiger partial charge >= 0.3 is 5.97 Å². The van der Waals surface area contributed by atoms with Gasteiger partial charge in [0.1, 0.15) is 5.75 Å². The zero-order chi connectivity index (χ0) is 13.8. The van der Waals surface area contributed by atoms with Crippen LogP contribution in [0.15, 0.2) is 36.4 Å². The second-order valence-electron chi connectivity index (χ2n) is 3.65. The number of rotatable bonds is 4. The molecule has 0 bridgehead atoms. The Morgan fingerprint density at radius 1 is 1.26 bits per heavy atom. The number of hydrogen-bond acceptors (Lipinski definition) is 4. The Labute approximate surface area is 114 Å². The van der Waals surface area contributed by atoms with Gasteiger partial charge in [-0.05, 0) is 12.1 Å². The fourth-order valence-corrected chi connectivity index (χ4v) is 1.66. The van der Waals surface area contributed by atoms with Crippen molar-refractivity contribution in [3.05, 3.63) is 52.7 Å². The topological polar surface area (TPSA) is 79.7 Å². The number of aliphatic hydroxyl groups is 1. The molecule has 1 aromatic carbocycles. The third kappa shape index (κ3) is 3.01. The normalized spacial score (nSPS) is 10.2. The Hall–Kier alpha value is -2.11. The van der Waals surface area contributed by atoms with Gasteiger partial charge in [0, 0.05) is 11.6 Å². The summed E-state index contributed by atoms with van der Waals surface area (Å²) in [6.45, 7) is -0.185. The summed E-state index contributed by atoms with van der Waals surface area (Å²) >= 11 is 5.71. The molecule has 0 atom stereocenters. The van der Waals surface area contributed by atoms with E-state index in [0.717, 1.165) is 0 Å². The van der Waals surface area contributed by atoms with Gasteiger partial charge in [0.2, 0.25) is 5.88 Å². The van der Waals surface area contributed by atoms with Gasteiger partial charge in [0.25, 0.3) is 0 Å². The molecule has 5 nitrogen and oxygen atoms in total. The number of hydrogen-bond donors (Lipinski definition) is 2. The monoisotopic (exact) mass is 279 g/mol. The number of aromatic nitrogens is 1. The van der Waals surface area contributed by atoms with Crippen LogP contribution in [0.5, 0.6) is 11.6 Å². The van der Waals surface area contributed by atoms with E-state index in [0.29, 0.717) is 11.3 Å². The number of aliphatic hydroxyl groups excluding tert-OH is 1. The van der Waals surface area contributed by atoms with E-state index in [-0.39, 0.29) is 23.2 Å². The van der Waals surface area contributed by atoms with Crippen molar-refractivity contribution >= 4 is 17.6 Å². The van der Waals surface area contributed by atoms with E-state index in [9.17, 15) is 4.79 Å². The minimum atomic E-state index is -1.23. The van der Waals surface area contributed by atoms with Crippen molar-refractivity contribution in [1.29, 1.82) is 0 Å². The number of pyridine rings is 1. The van der Waals surface area contributed by atoms with Gasteiger partial charge in [-0.1, -0.05) is 29.8 Å². The van der Waals surface area contributed by atoms with Crippen LogP contribution < -0.4 is 4.74 Å². The highest BCUT2D eigenvalue weighted by Crippen LogP contribution is 2.26. The molecule has 0 unspecified atom stereocenters. The number of aromatic carboxylic acids is 1. The Morgan fingerprint density at radius 3 is 2.68 bits per heavy atom. The molecule has 1 aromatic heterocycles. The second kappa shape index (κ2) is 5.69.